The van der Waals surface area contributed by atoms with Crippen molar-refractivity contribution in [1.82, 2.24) is 0 Å². The topological polar surface area (TPSA) is 81.2 Å². The molecule has 0 saturated heterocycles. The number of hydrogen-bond acceptors (Lipinski definition) is 4. The molecule has 7 heteroatoms. The second-order valence-corrected chi connectivity index (χ2v) is 4.49. The fourth-order valence-electron chi connectivity index (χ4n) is 1.94. The van der Waals surface area contributed by atoms with Crippen LogP contribution in [0.5, 0.6) is 0 Å². The Balaban J connectivity index is 1.97. The molecule has 110 valence electrons. The summed E-state index contributed by atoms with van der Waals surface area (Å²) in [4.78, 5) is 10.1. The summed E-state index contributed by atoms with van der Waals surface area (Å²) in [5.41, 5.74) is 6.59. The Hall–Kier alpha value is -2.70. The first kappa shape index (κ1) is 14.7. The van der Waals surface area contributed by atoms with E-state index in [1.165, 1.54) is 30.3 Å². The van der Waals surface area contributed by atoms with E-state index in [0.29, 0.717) is 24.2 Å². The van der Waals surface area contributed by atoms with E-state index in [0.717, 1.165) is 6.07 Å². The van der Waals surface area contributed by atoms with Crippen LogP contribution in [0, 0.1) is 21.7 Å². The average Bonchev–Trinajstić information content (AvgIpc) is 2.37. The van der Waals surface area contributed by atoms with Gasteiger partial charge in [0.05, 0.1) is 4.92 Å². The molecule has 0 aliphatic carbocycles. The average molecular weight is 293 g/mol. The highest BCUT2D eigenvalue weighted by Gasteiger charge is 2.10. The fourth-order valence-corrected chi connectivity index (χ4v) is 1.94. The van der Waals surface area contributed by atoms with Crippen molar-refractivity contribution in [2.24, 2.45) is 0 Å². The van der Waals surface area contributed by atoms with Crippen molar-refractivity contribution < 1.29 is 13.7 Å². The molecule has 0 aromatic heterocycles. The molecule has 0 atom stereocenters. The summed E-state index contributed by atoms with van der Waals surface area (Å²) >= 11 is 0. The molecule has 0 aliphatic rings. The van der Waals surface area contributed by atoms with Crippen LogP contribution >= 0.6 is 0 Å². The van der Waals surface area contributed by atoms with Gasteiger partial charge in [0.15, 0.2) is 0 Å². The highest BCUT2D eigenvalue weighted by atomic mass is 19.1. The molecule has 0 saturated carbocycles. The van der Waals surface area contributed by atoms with Crippen LogP contribution in [0.4, 0.5) is 25.8 Å². The zero-order valence-corrected chi connectivity index (χ0v) is 11.0. The Kier molecular flexibility index (Phi) is 4.32. The van der Waals surface area contributed by atoms with E-state index in [4.69, 9.17) is 5.73 Å². The Morgan fingerprint density at radius 2 is 1.81 bits per heavy atom. The van der Waals surface area contributed by atoms with E-state index >= 15 is 0 Å². The maximum Gasteiger partial charge on any atom is 0.292 e. The van der Waals surface area contributed by atoms with Gasteiger partial charge in [-0.3, -0.25) is 10.1 Å². The first-order valence-electron chi connectivity index (χ1n) is 6.18. The second kappa shape index (κ2) is 6.17. The maximum atomic E-state index is 13.0. The van der Waals surface area contributed by atoms with Gasteiger partial charge in [-0.2, -0.15) is 0 Å². The molecule has 0 amide bonds. The van der Waals surface area contributed by atoms with Crippen molar-refractivity contribution in [2.75, 3.05) is 17.6 Å². The summed E-state index contributed by atoms with van der Waals surface area (Å²) in [6.07, 6.45) is 0.408. The molecule has 2 aromatic carbocycles. The van der Waals surface area contributed by atoms with Gasteiger partial charge < -0.3 is 11.1 Å². The third-order valence-electron chi connectivity index (χ3n) is 2.89. The van der Waals surface area contributed by atoms with Gasteiger partial charge in [-0.25, -0.2) is 8.78 Å². The van der Waals surface area contributed by atoms with Crippen LogP contribution in [0.1, 0.15) is 5.56 Å². The van der Waals surface area contributed by atoms with Gasteiger partial charge in [0.1, 0.15) is 17.3 Å². The minimum atomic E-state index is -0.621. The number of nitrogen functional groups attached to an aromatic ring is 1. The maximum absolute atomic E-state index is 13.0. The predicted molar refractivity (Wildman–Crippen MR) is 76.1 cm³/mol. The number of nitrogens with zero attached hydrogens (tertiary/aromatic N) is 1. The van der Waals surface area contributed by atoms with Gasteiger partial charge in [0.25, 0.3) is 5.69 Å². The van der Waals surface area contributed by atoms with Crippen LogP contribution in [0.25, 0.3) is 0 Å². The fraction of sp³-hybridized carbons (Fsp3) is 0.143. The number of nitro groups is 1. The number of anilines is 2. The molecule has 5 nitrogen and oxygen atoms in total. The normalized spacial score (nSPS) is 10.4. The smallest absolute Gasteiger partial charge is 0.292 e. The third-order valence-corrected chi connectivity index (χ3v) is 2.89. The first-order valence-corrected chi connectivity index (χ1v) is 6.18. The largest absolute Gasteiger partial charge is 0.393 e. The molecule has 21 heavy (non-hydrogen) atoms. The standard InChI is InChI=1S/C14H13F2N3O2/c15-10-5-9(6-11(16)7-10)3-4-18-12-1-2-14(19(20)21)13(17)8-12/h1-2,5-8,18H,3-4,17H2. The lowest BCUT2D eigenvalue weighted by Gasteiger charge is -2.08. The van der Waals surface area contributed by atoms with Crippen LogP contribution in [-0.4, -0.2) is 11.5 Å². The molecule has 3 N–H and O–H groups in total. The van der Waals surface area contributed by atoms with Crippen molar-refractivity contribution >= 4 is 17.1 Å². The molecule has 0 bridgehead atoms. The lowest BCUT2D eigenvalue weighted by Crippen LogP contribution is -2.06. The van der Waals surface area contributed by atoms with Crippen molar-refractivity contribution in [3.63, 3.8) is 0 Å². The quantitative estimate of drug-likeness (QED) is 0.504. The molecule has 0 spiro atoms. The molecule has 2 aromatic rings. The second-order valence-electron chi connectivity index (χ2n) is 4.49. The number of nitrogens with one attached hydrogen (secondary N) is 1. The number of nitrogens with two attached hydrogens (primary N) is 1. The lowest BCUT2D eigenvalue weighted by molar-refractivity contribution is -0.383. The van der Waals surface area contributed by atoms with Gasteiger partial charge in [0, 0.05) is 24.4 Å². The van der Waals surface area contributed by atoms with Gasteiger partial charge in [0.2, 0.25) is 0 Å². The number of nitro benzene ring substituents is 1. The third kappa shape index (κ3) is 3.88. The zero-order valence-electron chi connectivity index (χ0n) is 11.0. The van der Waals surface area contributed by atoms with E-state index in [1.807, 2.05) is 0 Å². The van der Waals surface area contributed by atoms with E-state index in [9.17, 15) is 18.9 Å². The summed E-state index contributed by atoms with van der Waals surface area (Å²) in [6, 6.07) is 7.61. The molecule has 0 aliphatic heterocycles. The van der Waals surface area contributed by atoms with E-state index in [1.54, 1.807) is 0 Å². The Labute approximate surface area is 119 Å². The molecule has 0 fully saturated rings. The summed E-state index contributed by atoms with van der Waals surface area (Å²) in [5.74, 6) is -1.24. The molecule has 0 heterocycles. The molecular formula is C14H13F2N3O2. The molecular weight excluding hydrogens is 280 g/mol. The van der Waals surface area contributed by atoms with Crippen LogP contribution in [0.15, 0.2) is 36.4 Å². The highest BCUT2D eigenvalue weighted by molar-refractivity contribution is 5.65. The number of benzene rings is 2. The van der Waals surface area contributed by atoms with Gasteiger partial charge in [-0.1, -0.05) is 0 Å². The van der Waals surface area contributed by atoms with Gasteiger partial charge in [-0.05, 0) is 36.2 Å². The predicted octanol–water partition coefficient (Wildman–Crippen LogP) is 3.11. The van der Waals surface area contributed by atoms with Crippen LogP contribution in [0.2, 0.25) is 0 Å². The minimum absolute atomic E-state index is 0.0572. The Morgan fingerprint density at radius 1 is 1.14 bits per heavy atom. The molecule has 0 unspecified atom stereocenters. The SMILES string of the molecule is Nc1cc(NCCc2cc(F)cc(F)c2)ccc1[N+](=O)[O-]. The van der Waals surface area contributed by atoms with Gasteiger partial charge >= 0.3 is 0 Å². The lowest BCUT2D eigenvalue weighted by atomic mass is 10.1. The summed E-state index contributed by atoms with van der Waals surface area (Å²) in [5, 5.41) is 13.6. The molecule has 2 rings (SSSR count). The van der Waals surface area contributed by atoms with E-state index in [2.05, 4.69) is 5.32 Å². The first-order chi connectivity index (χ1) is 9.95. The number of hydrogen-bond donors (Lipinski definition) is 2. The van der Waals surface area contributed by atoms with Crippen molar-refractivity contribution in [3.8, 4) is 0 Å². The summed E-state index contributed by atoms with van der Waals surface area (Å²) in [7, 11) is 0. The van der Waals surface area contributed by atoms with Gasteiger partial charge in [-0.15, -0.1) is 0 Å². The Morgan fingerprint density at radius 3 is 2.38 bits per heavy atom. The van der Waals surface area contributed by atoms with Crippen molar-refractivity contribution in [3.05, 3.63) is 63.7 Å². The van der Waals surface area contributed by atoms with Crippen LogP contribution in [-0.2, 0) is 6.42 Å². The molecule has 0 radical (unpaired) electrons. The van der Waals surface area contributed by atoms with Crippen LogP contribution in [0.3, 0.4) is 0 Å². The van der Waals surface area contributed by atoms with E-state index in [-0.39, 0.29) is 11.4 Å². The van der Waals surface area contributed by atoms with Crippen molar-refractivity contribution in [2.45, 2.75) is 6.42 Å². The Bertz CT molecular complexity index is 657. The monoisotopic (exact) mass is 293 g/mol. The zero-order chi connectivity index (χ0) is 15.4. The summed E-state index contributed by atoms with van der Waals surface area (Å²) < 4.78 is 26.0. The van der Waals surface area contributed by atoms with Crippen LogP contribution < -0.4 is 11.1 Å². The summed E-state index contributed by atoms with van der Waals surface area (Å²) in [6.45, 7) is 0.417. The minimum Gasteiger partial charge on any atom is -0.393 e. The number of halogens is 2. The van der Waals surface area contributed by atoms with E-state index < -0.39 is 16.6 Å². The number of rotatable bonds is 5. The highest BCUT2D eigenvalue weighted by Crippen LogP contribution is 2.24. The van der Waals surface area contributed by atoms with Crippen molar-refractivity contribution in [1.29, 1.82) is 0 Å².